The van der Waals surface area contributed by atoms with Gasteiger partial charge in [-0.05, 0) is 54.2 Å². The van der Waals surface area contributed by atoms with Crippen molar-refractivity contribution in [1.82, 2.24) is 9.55 Å². The van der Waals surface area contributed by atoms with Crippen LogP contribution >= 0.6 is 0 Å². The van der Waals surface area contributed by atoms with Crippen LogP contribution in [0.2, 0.25) is 0 Å². The molecule has 2 unspecified atom stereocenters. The molecule has 156 valence electrons. The average Bonchev–Trinajstić information content (AvgIpc) is 3.25. The minimum atomic E-state index is -0.120. The van der Waals surface area contributed by atoms with Gasteiger partial charge in [0, 0.05) is 0 Å². The second kappa shape index (κ2) is 8.00. The highest BCUT2D eigenvalue weighted by Crippen LogP contribution is 2.35. The number of aryl methyl sites for hydroxylation is 1. The number of hydrogen-bond acceptors (Lipinski definition) is 4. The summed E-state index contributed by atoms with van der Waals surface area (Å²) in [6, 6.07) is 24.1. The van der Waals surface area contributed by atoms with Crippen molar-refractivity contribution in [2.24, 2.45) is 0 Å². The Labute approximate surface area is 181 Å². The Morgan fingerprint density at radius 3 is 2.58 bits per heavy atom. The van der Waals surface area contributed by atoms with Crippen molar-refractivity contribution in [2.45, 2.75) is 38.5 Å². The molecule has 2 heterocycles. The molecular formula is C26H25N3O2. The van der Waals surface area contributed by atoms with Crippen LogP contribution in [0.25, 0.3) is 22.0 Å². The van der Waals surface area contributed by atoms with Crippen LogP contribution in [0.5, 0.6) is 0 Å². The average molecular weight is 412 g/mol. The normalized spacial score (nSPS) is 18.5. The molecule has 2 N–H and O–H groups in total. The molecule has 2 atom stereocenters. The first kappa shape index (κ1) is 19.5. The van der Waals surface area contributed by atoms with E-state index in [9.17, 15) is 4.79 Å². The summed E-state index contributed by atoms with van der Waals surface area (Å²) in [6.45, 7) is 2.52. The second-order valence-electron chi connectivity index (χ2n) is 8.16. The maximum atomic E-state index is 13.2. The minimum Gasteiger partial charge on any atom is -0.369 e. The van der Waals surface area contributed by atoms with Gasteiger partial charge < -0.3 is 10.5 Å². The van der Waals surface area contributed by atoms with Crippen molar-refractivity contribution in [3.63, 3.8) is 0 Å². The van der Waals surface area contributed by atoms with Crippen molar-refractivity contribution in [3.05, 3.63) is 94.3 Å². The molecule has 0 saturated carbocycles. The summed E-state index contributed by atoms with van der Waals surface area (Å²) < 4.78 is 7.84. The fraction of sp³-hybridized carbons (Fsp3) is 0.231. The Morgan fingerprint density at radius 1 is 1.00 bits per heavy atom. The molecule has 5 nitrogen and oxygen atoms in total. The van der Waals surface area contributed by atoms with E-state index in [0.717, 1.165) is 24.0 Å². The zero-order chi connectivity index (χ0) is 21.4. The third-order valence-electron chi connectivity index (χ3n) is 6.12. The van der Waals surface area contributed by atoms with E-state index in [4.69, 9.17) is 10.5 Å². The molecule has 0 amide bonds. The highest BCUT2D eigenvalue weighted by molar-refractivity contribution is 5.84. The number of nitrogens with two attached hydrogens (primary N) is 1. The molecule has 0 spiro atoms. The standard InChI is InChI=1S/C26H25N3O2/c1-17-7-5-6-10-21(17)24-14-12-20(31-24)16-29-25(30)22-13-11-19(15-23(22)28-26(29)27)18-8-3-2-4-9-18/h2-11,13,15,20,24H,12,14,16H2,1H3,(H2,27,28). The Kier molecular flexibility index (Phi) is 5.04. The summed E-state index contributed by atoms with van der Waals surface area (Å²) in [5.41, 5.74) is 11.3. The largest absolute Gasteiger partial charge is 0.369 e. The molecule has 0 aliphatic carbocycles. The number of rotatable bonds is 4. The fourth-order valence-corrected chi connectivity index (χ4v) is 4.45. The third kappa shape index (κ3) is 3.73. The number of benzene rings is 3. The summed E-state index contributed by atoms with van der Waals surface area (Å²) in [5, 5.41) is 0.572. The third-order valence-corrected chi connectivity index (χ3v) is 6.12. The SMILES string of the molecule is Cc1ccccc1C1CCC(Cn2c(N)nc3cc(-c4ccccc4)ccc3c2=O)O1. The molecule has 5 heteroatoms. The Morgan fingerprint density at radius 2 is 1.77 bits per heavy atom. The van der Waals surface area contributed by atoms with E-state index in [-0.39, 0.29) is 23.7 Å². The number of ether oxygens (including phenoxy) is 1. The number of anilines is 1. The maximum Gasteiger partial charge on any atom is 0.262 e. The Bertz CT molecular complexity index is 1300. The van der Waals surface area contributed by atoms with E-state index in [1.165, 1.54) is 11.1 Å². The van der Waals surface area contributed by atoms with Crippen LogP contribution in [0.3, 0.4) is 0 Å². The lowest BCUT2D eigenvalue weighted by atomic mass is 10.0. The summed E-state index contributed by atoms with van der Waals surface area (Å²) in [6.07, 6.45) is 1.82. The monoisotopic (exact) mass is 411 g/mol. The van der Waals surface area contributed by atoms with Crippen LogP contribution in [0.4, 0.5) is 5.95 Å². The van der Waals surface area contributed by atoms with Gasteiger partial charge in [0.15, 0.2) is 0 Å². The highest BCUT2D eigenvalue weighted by atomic mass is 16.5. The first-order valence-electron chi connectivity index (χ1n) is 10.7. The molecule has 31 heavy (non-hydrogen) atoms. The molecule has 0 radical (unpaired) electrons. The van der Waals surface area contributed by atoms with Crippen molar-refractivity contribution in [2.75, 3.05) is 5.73 Å². The van der Waals surface area contributed by atoms with Gasteiger partial charge in [-0.1, -0.05) is 60.7 Å². The summed E-state index contributed by atoms with van der Waals surface area (Å²) in [5.74, 6) is 0.227. The van der Waals surface area contributed by atoms with Gasteiger partial charge in [0.2, 0.25) is 5.95 Å². The summed E-state index contributed by atoms with van der Waals surface area (Å²) >= 11 is 0. The molecule has 1 aromatic heterocycles. The Balaban J connectivity index is 1.42. The molecule has 1 fully saturated rings. The second-order valence-corrected chi connectivity index (χ2v) is 8.16. The molecule has 0 bridgehead atoms. The van der Waals surface area contributed by atoms with Crippen molar-refractivity contribution in [1.29, 1.82) is 0 Å². The molecular weight excluding hydrogens is 386 g/mol. The van der Waals surface area contributed by atoms with Crippen molar-refractivity contribution < 1.29 is 4.74 Å². The van der Waals surface area contributed by atoms with Crippen LogP contribution in [-0.4, -0.2) is 15.7 Å². The number of fused-ring (bicyclic) bond motifs is 1. The molecule has 5 rings (SSSR count). The van der Waals surface area contributed by atoms with Crippen LogP contribution in [0.1, 0.15) is 30.1 Å². The van der Waals surface area contributed by atoms with Crippen LogP contribution in [0.15, 0.2) is 77.6 Å². The van der Waals surface area contributed by atoms with Crippen LogP contribution < -0.4 is 11.3 Å². The smallest absolute Gasteiger partial charge is 0.262 e. The predicted molar refractivity (Wildman–Crippen MR) is 124 cm³/mol. The van der Waals surface area contributed by atoms with Gasteiger partial charge in [0.25, 0.3) is 5.56 Å². The summed E-state index contributed by atoms with van der Waals surface area (Å²) in [7, 11) is 0. The van der Waals surface area contributed by atoms with Gasteiger partial charge in [0.1, 0.15) is 0 Å². The lowest BCUT2D eigenvalue weighted by molar-refractivity contribution is 0.0345. The zero-order valence-corrected chi connectivity index (χ0v) is 17.5. The molecule has 1 saturated heterocycles. The predicted octanol–water partition coefficient (Wildman–Crippen LogP) is 4.87. The van der Waals surface area contributed by atoms with E-state index in [0.29, 0.717) is 17.4 Å². The van der Waals surface area contributed by atoms with Crippen LogP contribution in [0, 0.1) is 6.92 Å². The molecule has 3 aromatic carbocycles. The van der Waals surface area contributed by atoms with Crippen molar-refractivity contribution >= 4 is 16.9 Å². The van der Waals surface area contributed by atoms with E-state index >= 15 is 0 Å². The quantitative estimate of drug-likeness (QED) is 0.520. The molecule has 1 aliphatic heterocycles. The van der Waals surface area contributed by atoms with Gasteiger partial charge in [-0.25, -0.2) is 4.98 Å². The van der Waals surface area contributed by atoms with E-state index in [2.05, 4.69) is 24.0 Å². The number of hydrogen-bond donors (Lipinski definition) is 1. The minimum absolute atomic E-state index is 0.0602. The lowest BCUT2D eigenvalue weighted by Crippen LogP contribution is -2.29. The van der Waals surface area contributed by atoms with E-state index in [1.54, 1.807) is 4.57 Å². The van der Waals surface area contributed by atoms with Gasteiger partial charge in [0.05, 0.1) is 29.7 Å². The molecule has 1 aliphatic rings. The Hall–Kier alpha value is -3.44. The van der Waals surface area contributed by atoms with Gasteiger partial charge in [-0.2, -0.15) is 0 Å². The highest BCUT2D eigenvalue weighted by Gasteiger charge is 2.28. The van der Waals surface area contributed by atoms with E-state index in [1.807, 2.05) is 60.7 Å². The van der Waals surface area contributed by atoms with Gasteiger partial charge >= 0.3 is 0 Å². The summed E-state index contributed by atoms with van der Waals surface area (Å²) in [4.78, 5) is 17.7. The van der Waals surface area contributed by atoms with Crippen molar-refractivity contribution in [3.8, 4) is 11.1 Å². The van der Waals surface area contributed by atoms with Gasteiger partial charge in [-0.3, -0.25) is 9.36 Å². The lowest BCUT2D eigenvalue weighted by Gasteiger charge is -2.18. The molecule has 4 aromatic rings. The zero-order valence-electron chi connectivity index (χ0n) is 17.5. The first-order chi connectivity index (χ1) is 15.1. The fourth-order valence-electron chi connectivity index (χ4n) is 4.45. The maximum absolute atomic E-state index is 13.2. The first-order valence-corrected chi connectivity index (χ1v) is 10.7. The number of nitrogen functional groups attached to an aromatic ring is 1. The number of nitrogens with zero attached hydrogens (tertiary/aromatic N) is 2. The van der Waals surface area contributed by atoms with E-state index < -0.39 is 0 Å². The van der Waals surface area contributed by atoms with Gasteiger partial charge in [-0.15, -0.1) is 0 Å². The topological polar surface area (TPSA) is 70.1 Å². The van der Waals surface area contributed by atoms with Crippen LogP contribution in [-0.2, 0) is 11.3 Å². The number of aromatic nitrogens is 2.